The quantitative estimate of drug-likeness (QED) is 0.762. The molecular weight excluding hydrogens is 391 g/mol. The molecule has 4 aliphatic heterocycles. The molecule has 29 heavy (non-hydrogen) atoms. The lowest BCUT2D eigenvalue weighted by Crippen LogP contribution is -2.63. The van der Waals surface area contributed by atoms with Gasteiger partial charge in [-0.1, -0.05) is 0 Å². The van der Waals surface area contributed by atoms with Gasteiger partial charge in [0.25, 0.3) is 0 Å². The number of piperidine rings is 3. The molecule has 0 aromatic carbocycles. The van der Waals surface area contributed by atoms with Gasteiger partial charge >= 0.3 is 18.4 Å². The third-order valence-electron chi connectivity index (χ3n) is 7.07. The van der Waals surface area contributed by atoms with Crippen molar-refractivity contribution in [3.8, 4) is 0 Å². The maximum Gasteiger partial charge on any atom is 0.410 e. The molecule has 4 saturated heterocycles. The highest BCUT2D eigenvalue weighted by Gasteiger charge is 2.55. The van der Waals surface area contributed by atoms with Crippen LogP contribution in [0.4, 0.5) is 22.8 Å². The van der Waals surface area contributed by atoms with Crippen LogP contribution in [-0.2, 0) is 9.47 Å². The van der Waals surface area contributed by atoms with Crippen molar-refractivity contribution in [2.75, 3.05) is 26.2 Å². The Morgan fingerprint density at radius 3 is 2.62 bits per heavy atom. The van der Waals surface area contributed by atoms with E-state index in [-0.39, 0.29) is 12.1 Å². The first-order chi connectivity index (χ1) is 13.7. The molecule has 0 aromatic heterocycles. The Morgan fingerprint density at radius 1 is 1.31 bits per heavy atom. The topological polar surface area (TPSA) is 71.1 Å². The number of halogens is 3. The lowest BCUT2D eigenvalue weighted by Gasteiger charge is -2.54. The zero-order chi connectivity index (χ0) is 20.8. The van der Waals surface area contributed by atoms with Crippen LogP contribution < -0.4 is 5.32 Å². The van der Waals surface area contributed by atoms with Crippen LogP contribution in [0.1, 0.15) is 45.4 Å². The second-order valence-electron chi connectivity index (χ2n) is 8.65. The van der Waals surface area contributed by atoms with Crippen molar-refractivity contribution in [2.45, 2.75) is 75.4 Å². The summed E-state index contributed by atoms with van der Waals surface area (Å²) in [6, 6.07) is -0.564. The molecule has 7 nitrogen and oxygen atoms in total. The van der Waals surface area contributed by atoms with Crippen LogP contribution in [0, 0.1) is 5.92 Å². The Kier molecular flexibility index (Phi) is 5.33. The van der Waals surface area contributed by atoms with Gasteiger partial charge in [0.2, 0.25) is 0 Å². The first kappa shape index (κ1) is 20.6. The Morgan fingerprint density at radius 2 is 2.03 bits per heavy atom. The number of rotatable bonds is 3. The highest BCUT2D eigenvalue weighted by Crippen LogP contribution is 2.43. The van der Waals surface area contributed by atoms with Crippen molar-refractivity contribution in [1.29, 1.82) is 0 Å². The second kappa shape index (κ2) is 7.52. The lowest BCUT2D eigenvalue weighted by atomic mass is 9.74. The maximum absolute atomic E-state index is 12.9. The van der Waals surface area contributed by atoms with Gasteiger partial charge in [0.15, 0.2) is 0 Å². The number of alkyl carbamates (subject to hydrolysis) is 1. The minimum Gasteiger partial charge on any atom is -0.450 e. The molecule has 1 aliphatic carbocycles. The average molecular weight is 419 g/mol. The minimum absolute atomic E-state index is 0.156. The Labute approximate surface area is 167 Å². The van der Waals surface area contributed by atoms with Gasteiger partial charge < -0.3 is 19.7 Å². The van der Waals surface area contributed by atoms with E-state index in [0.29, 0.717) is 51.0 Å². The van der Waals surface area contributed by atoms with Crippen LogP contribution in [0.3, 0.4) is 0 Å². The van der Waals surface area contributed by atoms with E-state index < -0.39 is 30.3 Å². The van der Waals surface area contributed by atoms with E-state index in [1.54, 1.807) is 6.92 Å². The molecule has 5 aliphatic rings. The number of carbonyl (C=O) groups excluding carboxylic acids is 2. The van der Waals surface area contributed by atoms with Gasteiger partial charge in [0, 0.05) is 44.6 Å². The molecule has 4 atom stereocenters. The van der Waals surface area contributed by atoms with Crippen LogP contribution in [0.5, 0.6) is 0 Å². The third kappa shape index (κ3) is 4.00. The summed E-state index contributed by atoms with van der Waals surface area (Å²) in [7, 11) is 0. The molecular formula is C19H28F3N3O4. The Balaban J connectivity index is 1.38. The molecule has 2 bridgehead atoms. The number of nitrogens with zero attached hydrogens (tertiary/aromatic N) is 2. The summed E-state index contributed by atoms with van der Waals surface area (Å²) >= 11 is 0. The normalized spacial score (nSPS) is 34.2. The number of carbonyl (C=O) groups is 2. The third-order valence-corrected chi connectivity index (χ3v) is 7.07. The van der Waals surface area contributed by atoms with Crippen LogP contribution in [0.15, 0.2) is 0 Å². The molecule has 0 aromatic rings. The minimum atomic E-state index is -4.35. The number of amides is 2. The monoisotopic (exact) mass is 419 g/mol. The maximum atomic E-state index is 12.9. The largest absolute Gasteiger partial charge is 0.450 e. The van der Waals surface area contributed by atoms with E-state index in [2.05, 4.69) is 10.2 Å². The first-order valence-electron chi connectivity index (χ1n) is 10.4. The summed E-state index contributed by atoms with van der Waals surface area (Å²) in [4.78, 5) is 28.0. The van der Waals surface area contributed by atoms with Crippen molar-refractivity contribution in [1.82, 2.24) is 15.1 Å². The van der Waals surface area contributed by atoms with Gasteiger partial charge in [0.1, 0.15) is 5.60 Å². The molecule has 1 N–H and O–H groups in total. The van der Waals surface area contributed by atoms with Crippen LogP contribution in [-0.4, -0.2) is 78.1 Å². The molecule has 5 rings (SSSR count). The fourth-order valence-electron chi connectivity index (χ4n) is 5.68. The number of nitrogens with one attached hydrogen (secondary N) is 1. The second-order valence-corrected chi connectivity index (χ2v) is 8.65. The number of likely N-dealkylation sites (tertiary alicyclic amines) is 1. The fourth-order valence-corrected chi connectivity index (χ4v) is 5.68. The fraction of sp³-hybridized carbons (Fsp3) is 0.895. The Bertz CT molecular complexity index is 651. The zero-order valence-electron chi connectivity index (χ0n) is 16.5. The predicted octanol–water partition coefficient (Wildman–Crippen LogP) is 2.89. The van der Waals surface area contributed by atoms with Crippen molar-refractivity contribution in [2.24, 2.45) is 5.92 Å². The van der Waals surface area contributed by atoms with Crippen molar-refractivity contribution >= 4 is 12.2 Å². The van der Waals surface area contributed by atoms with Crippen molar-refractivity contribution in [3.63, 3.8) is 0 Å². The molecule has 10 heteroatoms. The van der Waals surface area contributed by atoms with Crippen LogP contribution in [0.2, 0.25) is 0 Å². The summed E-state index contributed by atoms with van der Waals surface area (Å²) in [5.74, 6) is 0.341. The summed E-state index contributed by atoms with van der Waals surface area (Å²) in [6.07, 6.45) is -2.78. The van der Waals surface area contributed by atoms with E-state index in [9.17, 15) is 22.8 Å². The first-order valence-corrected chi connectivity index (χ1v) is 10.4. The molecule has 2 amide bonds. The smallest absolute Gasteiger partial charge is 0.410 e. The number of hydrogen-bond donors (Lipinski definition) is 1. The summed E-state index contributed by atoms with van der Waals surface area (Å²) in [5, 5.41) is 2.36. The molecule has 164 valence electrons. The van der Waals surface area contributed by atoms with Gasteiger partial charge in [-0.05, 0) is 32.1 Å². The summed E-state index contributed by atoms with van der Waals surface area (Å²) < 4.78 is 49.4. The highest BCUT2D eigenvalue weighted by molar-refractivity contribution is 5.71. The lowest BCUT2D eigenvalue weighted by molar-refractivity contribution is -0.152. The summed E-state index contributed by atoms with van der Waals surface area (Å²) in [6.45, 7) is 4.01. The van der Waals surface area contributed by atoms with Gasteiger partial charge in [-0.2, -0.15) is 13.2 Å². The van der Waals surface area contributed by atoms with Crippen LogP contribution in [0.25, 0.3) is 0 Å². The van der Waals surface area contributed by atoms with Crippen LogP contribution >= 0.6 is 0 Å². The van der Waals surface area contributed by atoms with E-state index in [0.717, 1.165) is 19.3 Å². The molecule has 1 saturated carbocycles. The molecule has 1 spiro atoms. The number of ether oxygens (including phenoxy) is 2. The molecule has 4 unspecified atom stereocenters. The predicted molar refractivity (Wildman–Crippen MR) is 96.3 cm³/mol. The van der Waals surface area contributed by atoms with Gasteiger partial charge in [0.05, 0.1) is 19.1 Å². The van der Waals surface area contributed by atoms with Crippen molar-refractivity contribution in [3.05, 3.63) is 0 Å². The molecule has 5 fully saturated rings. The van der Waals surface area contributed by atoms with E-state index in [1.807, 2.05) is 4.90 Å². The zero-order valence-corrected chi connectivity index (χ0v) is 16.5. The Hall–Kier alpha value is -1.71. The summed E-state index contributed by atoms with van der Waals surface area (Å²) in [5.41, 5.74) is -1.08. The molecule has 0 radical (unpaired) electrons. The molecule has 4 heterocycles. The standard InChI is InChI=1S/C19H28F3N3O4/c1-2-28-17(27)25-11-12-3-4-13(25)9-14(12)24-7-5-18(6-8-24)15(10-19(20,21)22)23-16(26)29-18/h12-15H,2-11H2,1H3,(H,23,26). The van der Waals surface area contributed by atoms with Crippen molar-refractivity contribution < 1.29 is 32.2 Å². The van der Waals surface area contributed by atoms with E-state index >= 15 is 0 Å². The van der Waals surface area contributed by atoms with Gasteiger partial charge in [-0.15, -0.1) is 0 Å². The van der Waals surface area contributed by atoms with Gasteiger partial charge in [-0.25, -0.2) is 9.59 Å². The SMILES string of the molecule is CCOC(=O)N1CC2CCC1CC2N1CCC2(CC1)OC(=O)NC2CC(F)(F)F. The number of hydrogen-bond acceptors (Lipinski definition) is 5. The van der Waals surface area contributed by atoms with Gasteiger partial charge in [-0.3, -0.25) is 4.90 Å². The average Bonchev–Trinajstić information content (AvgIpc) is 2.95. The van der Waals surface area contributed by atoms with E-state index in [1.165, 1.54) is 0 Å². The van der Waals surface area contributed by atoms with E-state index in [4.69, 9.17) is 9.47 Å². The number of fused-ring (bicyclic) bond motifs is 3. The number of alkyl halides is 3. The highest BCUT2D eigenvalue weighted by atomic mass is 19.4.